The van der Waals surface area contributed by atoms with Crippen molar-refractivity contribution in [3.63, 3.8) is 0 Å². The van der Waals surface area contributed by atoms with Crippen molar-refractivity contribution in [2.24, 2.45) is 0 Å². The molecule has 152 valence electrons. The summed E-state index contributed by atoms with van der Waals surface area (Å²) in [6.45, 7) is -0.224. The summed E-state index contributed by atoms with van der Waals surface area (Å²) < 4.78 is 76.2. The number of amides is 1. The third-order valence-corrected chi connectivity index (χ3v) is 3.61. The molecule has 0 fully saturated rings. The van der Waals surface area contributed by atoms with E-state index in [1.807, 2.05) is 10.0 Å². The SMILES string of the molecule is CCOC(=O)NCS(=O)(=O)Nc1nc(C(=O)OC)ccc1OCC(F)(F)F. The van der Waals surface area contributed by atoms with Crippen LogP contribution in [0, 0.1) is 0 Å². The van der Waals surface area contributed by atoms with Gasteiger partial charge in [0.2, 0.25) is 0 Å². The minimum atomic E-state index is -4.69. The molecule has 0 saturated carbocycles. The summed E-state index contributed by atoms with van der Waals surface area (Å²) in [6, 6.07) is 1.91. The number of nitrogens with zero attached hydrogens (tertiary/aromatic N) is 1. The lowest BCUT2D eigenvalue weighted by atomic mass is 10.3. The maximum absolute atomic E-state index is 12.3. The van der Waals surface area contributed by atoms with E-state index in [2.05, 4.69) is 19.2 Å². The summed E-state index contributed by atoms with van der Waals surface area (Å²) in [7, 11) is -3.28. The molecule has 10 nitrogen and oxygen atoms in total. The standard InChI is InChI=1S/C13H16F3N3O7S/c1-3-25-12(21)17-7-27(22,23)19-10-9(26-6-13(14,15)16)5-4-8(18-10)11(20)24-2/h4-5H,3,6-7H2,1-2H3,(H,17,21)(H,18,19). The first-order valence-electron chi connectivity index (χ1n) is 7.17. The van der Waals surface area contributed by atoms with Gasteiger partial charge in [0, 0.05) is 0 Å². The van der Waals surface area contributed by atoms with Crippen LogP contribution in [0.15, 0.2) is 12.1 Å². The summed E-state index contributed by atoms with van der Waals surface area (Å²) in [4.78, 5) is 26.2. The first-order chi connectivity index (χ1) is 12.5. The normalized spacial score (nSPS) is 11.4. The molecule has 0 unspecified atom stereocenters. The summed E-state index contributed by atoms with van der Waals surface area (Å²) >= 11 is 0. The summed E-state index contributed by atoms with van der Waals surface area (Å²) in [5, 5.41) is 1.92. The van der Waals surface area contributed by atoms with Gasteiger partial charge in [-0.05, 0) is 19.1 Å². The van der Waals surface area contributed by atoms with Crippen LogP contribution in [0.4, 0.5) is 23.8 Å². The molecular weight excluding hydrogens is 399 g/mol. The van der Waals surface area contributed by atoms with Crippen LogP contribution < -0.4 is 14.8 Å². The molecule has 1 heterocycles. The van der Waals surface area contributed by atoms with Crippen LogP contribution in [0.2, 0.25) is 0 Å². The Morgan fingerprint density at radius 1 is 1.26 bits per heavy atom. The predicted octanol–water partition coefficient (Wildman–Crippen LogP) is 1.25. The molecule has 0 atom stereocenters. The summed E-state index contributed by atoms with van der Waals surface area (Å²) in [6.07, 6.45) is -5.71. The van der Waals surface area contributed by atoms with Crippen molar-refractivity contribution < 1.29 is 45.4 Å². The lowest BCUT2D eigenvalue weighted by molar-refractivity contribution is -0.153. The molecule has 14 heteroatoms. The molecule has 0 spiro atoms. The van der Waals surface area contributed by atoms with Gasteiger partial charge in [-0.15, -0.1) is 0 Å². The Kier molecular flexibility index (Phi) is 7.63. The zero-order chi connectivity index (χ0) is 20.7. The number of aromatic nitrogens is 1. The van der Waals surface area contributed by atoms with Gasteiger partial charge in [-0.2, -0.15) is 13.2 Å². The molecule has 0 aliphatic carbocycles. The Balaban J connectivity index is 3.05. The molecule has 1 rings (SSSR count). The first kappa shape index (κ1) is 22.3. The van der Waals surface area contributed by atoms with E-state index < -0.39 is 52.3 Å². The number of rotatable bonds is 8. The highest BCUT2D eigenvalue weighted by molar-refractivity contribution is 7.92. The third-order valence-electron chi connectivity index (χ3n) is 2.58. The average molecular weight is 415 g/mol. The van der Waals surface area contributed by atoms with Crippen LogP contribution in [0.3, 0.4) is 0 Å². The van der Waals surface area contributed by atoms with Crippen molar-refractivity contribution in [3.8, 4) is 5.75 Å². The van der Waals surface area contributed by atoms with E-state index in [1.54, 1.807) is 0 Å². The van der Waals surface area contributed by atoms with Gasteiger partial charge < -0.3 is 19.5 Å². The van der Waals surface area contributed by atoms with E-state index in [4.69, 9.17) is 0 Å². The minimum Gasteiger partial charge on any atom is -0.480 e. The van der Waals surface area contributed by atoms with Gasteiger partial charge in [-0.1, -0.05) is 0 Å². The molecule has 1 amide bonds. The number of methoxy groups -OCH3 is 1. The molecule has 27 heavy (non-hydrogen) atoms. The van der Waals surface area contributed by atoms with Crippen LogP contribution >= 0.6 is 0 Å². The molecule has 1 aromatic heterocycles. The van der Waals surface area contributed by atoms with E-state index in [-0.39, 0.29) is 12.3 Å². The number of carbonyl (C=O) groups excluding carboxylic acids is 2. The molecule has 0 saturated heterocycles. The fourth-order valence-electron chi connectivity index (χ4n) is 1.53. The van der Waals surface area contributed by atoms with Crippen molar-refractivity contribution in [1.82, 2.24) is 10.3 Å². The lowest BCUT2D eigenvalue weighted by Crippen LogP contribution is -2.33. The van der Waals surface area contributed by atoms with Gasteiger partial charge in [0.15, 0.2) is 23.9 Å². The zero-order valence-corrected chi connectivity index (χ0v) is 14.9. The predicted molar refractivity (Wildman–Crippen MR) is 84.7 cm³/mol. The van der Waals surface area contributed by atoms with E-state index in [0.717, 1.165) is 19.2 Å². The number of pyridine rings is 1. The highest BCUT2D eigenvalue weighted by Gasteiger charge is 2.29. The number of sulfonamides is 1. The highest BCUT2D eigenvalue weighted by atomic mass is 32.2. The molecular formula is C13H16F3N3O7S. The molecule has 1 aromatic rings. The first-order valence-corrected chi connectivity index (χ1v) is 8.82. The minimum absolute atomic E-state index is 0.00251. The van der Waals surface area contributed by atoms with Crippen LogP contribution in [0.5, 0.6) is 5.75 Å². The fraction of sp³-hybridized carbons (Fsp3) is 0.462. The van der Waals surface area contributed by atoms with E-state index >= 15 is 0 Å². The smallest absolute Gasteiger partial charge is 0.422 e. The number of alkyl halides is 3. The van der Waals surface area contributed by atoms with E-state index in [0.29, 0.717) is 0 Å². The topological polar surface area (TPSA) is 133 Å². The number of esters is 1. The summed E-state index contributed by atoms with van der Waals surface area (Å²) in [5.74, 6) is -3.19. The number of nitrogens with one attached hydrogen (secondary N) is 2. The number of hydrogen-bond acceptors (Lipinski definition) is 8. The largest absolute Gasteiger partial charge is 0.480 e. The summed E-state index contributed by atoms with van der Waals surface area (Å²) in [5.41, 5.74) is -0.382. The maximum atomic E-state index is 12.3. The molecule has 0 aliphatic rings. The van der Waals surface area contributed by atoms with Crippen molar-refractivity contribution in [1.29, 1.82) is 0 Å². The number of anilines is 1. The van der Waals surface area contributed by atoms with Gasteiger partial charge in [0.25, 0.3) is 10.0 Å². The number of alkyl carbamates (subject to hydrolysis) is 1. The number of carbonyl (C=O) groups is 2. The Morgan fingerprint density at radius 2 is 1.93 bits per heavy atom. The van der Waals surface area contributed by atoms with Gasteiger partial charge >= 0.3 is 18.2 Å². The van der Waals surface area contributed by atoms with Crippen molar-refractivity contribution >= 4 is 27.9 Å². The fourth-order valence-corrected chi connectivity index (χ4v) is 2.35. The Bertz CT molecular complexity index is 784. The lowest BCUT2D eigenvalue weighted by Gasteiger charge is -2.15. The second-order valence-electron chi connectivity index (χ2n) is 4.70. The molecule has 0 bridgehead atoms. The average Bonchev–Trinajstić information content (AvgIpc) is 2.57. The second kappa shape index (κ2) is 9.25. The number of halogens is 3. The van der Waals surface area contributed by atoms with Crippen LogP contribution in [0.25, 0.3) is 0 Å². The van der Waals surface area contributed by atoms with Crippen LogP contribution in [-0.4, -0.2) is 57.8 Å². The second-order valence-corrected chi connectivity index (χ2v) is 6.42. The van der Waals surface area contributed by atoms with Crippen molar-refractivity contribution in [2.45, 2.75) is 13.1 Å². The molecule has 0 aliphatic heterocycles. The third kappa shape index (κ3) is 7.98. The van der Waals surface area contributed by atoms with Gasteiger partial charge in [-0.3, -0.25) is 4.72 Å². The zero-order valence-electron chi connectivity index (χ0n) is 14.1. The van der Waals surface area contributed by atoms with Crippen LogP contribution in [0.1, 0.15) is 17.4 Å². The highest BCUT2D eigenvalue weighted by Crippen LogP contribution is 2.26. The Labute approximate surface area is 152 Å². The van der Waals surface area contributed by atoms with Gasteiger partial charge in [-0.25, -0.2) is 23.0 Å². The monoisotopic (exact) mass is 415 g/mol. The molecule has 0 aromatic carbocycles. The Morgan fingerprint density at radius 3 is 2.48 bits per heavy atom. The molecule has 2 N–H and O–H groups in total. The quantitative estimate of drug-likeness (QED) is 0.606. The Hall–Kier alpha value is -2.77. The van der Waals surface area contributed by atoms with Crippen LogP contribution in [-0.2, 0) is 19.5 Å². The van der Waals surface area contributed by atoms with E-state index in [9.17, 15) is 31.2 Å². The van der Waals surface area contributed by atoms with Crippen molar-refractivity contribution in [2.75, 3.05) is 30.9 Å². The van der Waals surface area contributed by atoms with Crippen molar-refractivity contribution in [3.05, 3.63) is 17.8 Å². The number of ether oxygens (including phenoxy) is 3. The van der Waals surface area contributed by atoms with E-state index in [1.165, 1.54) is 6.92 Å². The molecule has 0 radical (unpaired) electrons. The van der Waals surface area contributed by atoms with Gasteiger partial charge in [0.1, 0.15) is 5.88 Å². The number of hydrogen-bond donors (Lipinski definition) is 2. The maximum Gasteiger partial charge on any atom is 0.422 e. The van der Waals surface area contributed by atoms with Gasteiger partial charge in [0.05, 0.1) is 13.7 Å².